The lowest BCUT2D eigenvalue weighted by Gasteiger charge is -2.19. The molecule has 0 radical (unpaired) electrons. The summed E-state index contributed by atoms with van der Waals surface area (Å²) in [6, 6.07) is -0.419. The molecule has 0 amide bonds. The zero-order valence-electron chi connectivity index (χ0n) is 11.6. The first-order valence-electron chi connectivity index (χ1n) is 6.46. The maximum Gasteiger partial charge on any atom is 0.350 e. The number of hydrogen-bond acceptors (Lipinski definition) is 7. The summed E-state index contributed by atoms with van der Waals surface area (Å²) in [4.78, 5) is 29.7. The van der Waals surface area contributed by atoms with Crippen molar-refractivity contribution in [2.24, 2.45) is 0 Å². The maximum absolute atomic E-state index is 10.8. The lowest BCUT2D eigenvalue weighted by atomic mass is 10.2. The Labute approximate surface area is 125 Å². The third-order valence-electron chi connectivity index (χ3n) is 3.02. The smallest absolute Gasteiger partial charge is 0.350 e. The third kappa shape index (κ3) is 4.07. The van der Waals surface area contributed by atoms with E-state index in [2.05, 4.69) is 15.0 Å². The van der Waals surface area contributed by atoms with Crippen LogP contribution in [0.5, 0.6) is 0 Å². The molecule has 0 spiro atoms. The van der Waals surface area contributed by atoms with Crippen LogP contribution in [0.4, 0.5) is 0 Å². The summed E-state index contributed by atoms with van der Waals surface area (Å²) >= 11 is 0. The Morgan fingerprint density at radius 1 is 1.27 bits per heavy atom. The standard InChI is InChI=1S/C11H17N4O6P/c16-2-1-8(4-21-7-22(18,19)20)15-6-14-11-10(15)9(3-17)12-5-13-11/h5-6,8,16-17H,1-4,7H2,(H2,18,19,20). The molecule has 1 atom stereocenters. The second kappa shape index (κ2) is 7.23. The molecule has 10 nitrogen and oxygen atoms in total. The summed E-state index contributed by atoms with van der Waals surface area (Å²) in [6.07, 6.45) is 2.34. The van der Waals surface area contributed by atoms with Gasteiger partial charge in [-0.3, -0.25) is 4.57 Å². The van der Waals surface area contributed by atoms with E-state index in [-0.39, 0.29) is 26.2 Å². The summed E-state index contributed by atoms with van der Waals surface area (Å²) in [7, 11) is -4.26. The normalized spacial score (nSPS) is 13.6. The van der Waals surface area contributed by atoms with E-state index >= 15 is 0 Å². The molecule has 22 heavy (non-hydrogen) atoms. The van der Waals surface area contributed by atoms with Gasteiger partial charge in [0.1, 0.15) is 18.2 Å². The van der Waals surface area contributed by atoms with Crippen molar-refractivity contribution < 1.29 is 29.3 Å². The molecule has 2 heterocycles. The predicted octanol–water partition coefficient (Wildman–Crippen LogP) is -0.606. The number of fused-ring (bicyclic) bond motifs is 1. The third-order valence-corrected chi connectivity index (χ3v) is 3.54. The molecular formula is C11H17N4O6P. The highest BCUT2D eigenvalue weighted by Gasteiger charge is 2.20. The van der Waals surface area contributed by atoms with Gasteiger partial charge in [0.15, 0.2) is 5.65 Å². The molecule has 0 fully saturated rings. The number of aromatic nitrogens is 4. The van der Waals surface area contributed by atoms with Gasteiger partial charge in [-0.2, -0.15) is 0 Å². The Bertz CT molecular complexity index is 672. The first kappa shape index (κ1) is 16.9. The lowest BCUT2D eigenvalue weighted by molar-refractivity contribution is 0.112. The Morgan fingerprint density at radius 2 is 2.05 bits per heavy atom. The zero-order valence-corrected chi connectivity index (χ0v) is 12.5. The quantitative estimate of drug-likeness (QED) is 0.464. The summed E-state index contributed by atoms with van der Waals surface area (Å²) in [5.41, 5.74) is 1.26. The van der Waals surface area contributed by atoms with Gasteiger partial charge in [0, 0.05) is 6.61 Å². The van der Waals surface area contributed by atoms with Crippen LogP contribution in [0.1, 0.15) is 18.2 Å². The SMILES string of the molecule is O=P(O)(O)COCC(CCO)n1cnc2ncnc(CO)c21. The number of aliphatic hydroxyl groups is 2. The minimum absolute atomic E-state index is 0.0309. The average Bonchev–Trinajstić information content (AvgIpc) is 2.89. The van der Waals surface area contributed by atoms with Crippen molar-refractivity contribution in [2.75, 3.05) is 19.6 Å². The molecular weight excluding hydrogens is 315 g/mol. The van der Waals surface area contributed by atoms with Gasteiger partial charge in [-0.1, -0.05) is 0 Å². The van der Waals surface area contributed by atoms with Crippen molar-refractivity contribution in [1.29, 1.82) is 0 Å². The number of aliphatic hydroxyl groups excluding tert-OH is 2. The van der Waals surface area contributed by atoms with Crippen LogP contribution in [-0.4, -0.2) is 59.1 Å². The molecule has 0 bridgehead atoms. The molecule has 11 heteroatoms. The minimum atomic E-state index is -4.26. The highest BCUT2D eigenvalue weighted by molar-refractivity contribution is 7.51. The second-order valence-corrected chi connectivity index (χ2v) is 6.22. The fourth-order valence-corrected chi connectivity index (χ4v) is 2.43. The molecule has 0 aliphatic heterocycles. The molecule has 0 aliphatic carbocycles. The van der Waals surface area contributed by atoms with Crippen molar-refractivity contribution in [2.45, 2.75) is 19.1 Å². The summed E-state index contributed by atoms with van der Waals surface area (Å²) in [5, 5.41) is 18.5. The van der Waals surface area contributed by atoms with E-state index in [1.165, 1.54) is 12.7 Å². The molecule has 2 aromatic heterocycles. The van der Waals surface area contributed by atoms with Crippen LogP contribution in [0.15, 0.2) is 12.7 Å². The zero-order chi connectivity index (χ0) is 16.2. The van der Waals surface area contributed by atoms with Gasteiger partial charge < -0.3 is 29.3 Å². The molecule has 0 aliphatic rings. The first-order chi connectivity index (χ1) is 10.5. The van der Waals surface area contributed by atoms with Gasteiger partial charge in [-0.25, -0.2) is 15.0 Å². The summed E-state index contributed by atoms with van der Waals surface area (Å²) in [6.45, 7) is -0.484. The van der Waals surface area contributed by atoms with Crippen LogP contribution < -0.4 is 0 Å². The van der Waals surface area contributed by atoms with E-state index in [0.29, 0.717) is 16.9 Å². The Morgan fingerprint density at radius 3 is 2.68 bits per heavy atom. The Hall–Kier alpha value is -1.42. The number of imidazole rings is 1. The van der Waals surface area contributed by atoms with E-state index in [0.717, 1.165) is 0 Å². The van der Waals surface area contributed by atoms with Gasteiger partial charge in [0.05, 0.1) is 31.3 Å². The lowest BCUT2D eigenvalue weighted by Crippen LogP contribution is -2.18. The molecule has 1 unspecified atom stereocenters. The highest BCUT2D eigenvalue weighted by Crippen LogP contribution is 2.34. The number of hydrogen-bond donors (Lipinski definition) is 4. The number of nitrogens with zero attached hydrogens (tertiary/aromatic N) is 4. The Balaban J connectivity index is 2.26. The van der Waals surface area contributed by atoms with Crippen LogP contribution in [0.25, 0.3) is 11.2 Å². The van der Waals surface area contributed by atoms with E-state index in [1.54, 1.807) is 4.57 Å². The van der Waals surface area contributed by atoms with Crippen molar-refractivity contribution in [3.8, 4) is 0 Å². The molecule has 0 saturated carbocycles. The average molecular weight is 332 g/mol. The molecule has 2 rings (SSSR count). The van der Waals surface area contributed by atoms with E-state index in [1.807, 2.05) is 0 Å². The molecule has 4 N–H and O–H groups in total. The van der Waals surface area contributed by atoms with E-state index in [9.17, 15) is 9.67 Å². The van der Waals surface area contributed by atoms with E-state index in [4.69, 9.17) is 19.6 Å². The molecule has 122 valence electrons. The van der Waals surface area contributed by atoms with Crippen molar-refractivity contribution in [3.63, 3.8) is 0 Å². The molecule has 2 aromatic rings. The van der Waals surface area contributed by atoms with Gasteiger partial charge in [0.2, 0.25) is 0 Å². The van der Waals surface area contributed by atoms with Crippen molar-refractivity contribution in [1.82, 2.24) is 19.5 Å². The van der Waals surface area contributed by atoms with Gasteiger partial charge >= 0.3 is 7.60 Å². The monoisotopic (exact) mass is 332 g/mol. The molecule has 0 aromatic carbocycles. The van der Waals surface area contributed by atoms with Gasteiger partial charge in [0.25, 0.3) is 0 Å². The minimum Gasteiger partial charge on any atom is -0.396 e. The van der Waals surface area contributed by atoms with Gasteiger partial charge in [-0.05, 0) is 6.42 Å². The number of rotatable bonds is 8. The maximum atomic E-state index is 10.8. The fraction of sp³-hybridized carbons (Fsp3) is 0.545. The second-order valence-electron chi connectivity index (χ2n) is 4.63. The van der Waals surface area contributed by atoms with Crippen LogP contribution in [0.3, 0.4) is 0 Å². The largest absolute Gasteiger partial charge is 0.396 e. The van der Waals surface area contributed by atoms with Crippen LogP contribution in [0, 0.1) is 0 Å². The fourth-order valence-electron chi connectivity index (χ4n) is 2.09. The highest BCUT2D eigenvalue weighted by atomic mass is 31.2. The first-order valence-corrected chi connectivity index (χ1v) is 8.26. The Kier molecular flexibility index (Phi) is 5.57. The molecule has 0 saturated heterocycles. The van der Waals surface area contributed by atoms with E-state index < -0.39 is 20.0 Å². The predicted molar refractivity (Wildman–Crippen MR) is 74.8 cm³/mol. The summed E-state index contributed by atoms with van der Waals surface area (Å²) < 4.78 is 17.5. The van der Waals surface area contributed by atoms with Crippen LogP contribution >= 0.6 is 7.60 Å². The van der Waals surface area contributed by atoms with Crippen molar-refractivity contribution >= 4 is 18.8 Å². The topological polar surface area (TPSA) is 151 Å². The number of ether oxygens (including phenoxy) is 1. The van der Waals surface area contributed by atoms with Crippen LogP contribution in [0.2, 0.25) is 0 Å². The van der Waals surface area contributed by atoms with Crippen molar-refractivity contribution in [3.05, 3.63) is 18.3 Å². The summed E-state index contributed by atoms with van der Waals surface area (Å²) in [5.74, 6) is 0. The van der Waals surface area contributed by atoms with Gasteiger partial charge in [-0.15, -0.1) is 0 Å². The van der Waals surface area contributed by atoms with Crippen LogP contribution in [-0.2, 0) is 15.9 Å².